The zero-order valence-corrected chi connectivity index (χ0v) is 18.7. The Morgan fingerprint density at radius 2 is 1.56 bits per heavy atom. The molecule has 7 heteroatoms. The van der Waals surface area contributed by atoms with Crippen molar-refractivity contribution in [2.24, 2.45) is 0 Å². The van der Waals surface area contributed by atoms with Crippen LogP contribution in [0.3, 0.4) is 0 Å². The molecule has 0 spiro atoms. The summed E-state index contributed by atoms with van der Waals surface area (Å²) in [4.78, 5) is 26.0. The van der Waals surface area contributed by atoms with Gasteiger partial charge in [-0.15, -0.1) is 0 Å². The van der Waals surface area contributed by atoms with Crippen LogP contribution in [0.1, 0.15) is 52.0 Å². The monoisotopic (exact) mass is 433 g/mol. The number of nitrogens with zero attached hydrogens (tertiary/aromatic N) is 1. The number of hydrogen-bond acceptors (Lipinski definition) is 4. The second-order valence-electron chi connectivity index (χ2n) is 8.06. The highest BCUT2D eigenvalue weighted by molar-refractivity contribution is 6.12. The van der Waals surface area contributed by atoms with Gasteiger partial charge in [-0.3, -0.25) is 9.59 Å². The molecule has 1 aromatic heterocycles. The highest BCUT2D eigenvalue weighted by Gasteiger charge is 2.20. The van der Waals surface area contributed by atoms with Gasteiger partial charge in [0.05, 0.1) is 16.8 Å². The van der Waals surface area contributed by atoms with E-state index in [0.717, 1.165) is 11.4 Å². The Morgan fingerprint density at radius 1 is 0.875 bits per heavy atom. The van der Waals surface area contributed by atoms with Crippen LogP contribution in [0.5, 0.6) is 11.5 Å². The topological polar surface area (TPSA) is 81.6 Å². The van der Waals surface area contributed by atoms with Gasteiger partial charge in [0, 0.05) is 29.2 Å². The van der Waals surface area contributed by atoms with Crippen molar-refractivity contribution in [3.8, 4) is 11.5 Å². The summed E-state index contributed by atoms with van der Waals surface area (Å²) in [6.07, 6.45) is 0. The molecule has 0 bridgehead atoms. The summed E-state index contributed by atoms with van der Waals surface area (Å²) >= 11 is 0. The largest absolute Gasteiger partial charge is 0.486 e. The zero-order valence-electron chi connectivity index (χ0n) is 18.7. The second kappa shape index (κ2) is 8.78. The lowest BCUT2D eigenvalue weighted by Crippen LogP contribution is -2.19. The lowest BCUT2D eigenvalue weighted by atomic mass is 10.1. The first-order chi connectivity index (χ1) is 15.3. The van der Waals surface area contributed by atoms with Crippen molar-refractivity contribution in [1.29, 1.82) is 0 Å². The van der Waals surface area contributed by atoms with Crippen molar-refractivity contribution in [3.05, 3.63) is 71.0 Å². The Morgan fingerprint density at radius 3 is 2.28 bits per heavy atom. The van der Waals surface area contributed by atoms with Gasteiger partial charge in [-0.2, -0.15) is 0 Å². The highest BCUT2D eigenvalue weighted by atomic mass is 16.6. The predicted octanol–water partition coefficient (Wildman–Crippen LogP) is 4.96. The quantitative estimate of drug-likeness (QED) is 0.596. The van der Waals surface area contributed by atoms with Gasteiger partial charge in [0.1, 0.15) is 13.2 Å². The number of fused-ring (bicyclic) bond motifs is 1. The number of anilines is 2. The molecule has 0 atom stereocenters. The number of ether oxygens (including phenoxy) is 2. The van der Waals surface area contributed by atoms with Gasteiger partial charge < -0.3 is 24.7 Å². The number of para-hydroxylation sites is 1. The number of hydrogen-bond donors (Lipinski definition) is 2. The third kappa shape index (κ3) is 4.19. The minimum absolute atomic E-state index is 0.246. The minimum atomic E-state index is -0.328. The third-order valence-corrected chi connectivity index (χ3v) is 5.47. The molecule has 2 heterocycles. The average molecular weight is 434 g/mol. The van der Waals surface area contributed by atoms with Gasteiger partial charge in [-0.1, -0.05) is 12.1 Å². The van der Waals surface area contributed by atoms with Gasteiger partial charge >= 0.3 is 0 Å². The molecule has 0 radical (unpaired) electrons. The van der Waals surface area contributed by atoms with Gasteiger partial charge in [-0.05, 0) is 58.0 Å². The molecular formula is C25H27N3O4. The molecule has 0 saturated carbocycles. The maximum Gasteiger partial charge on any atom is 0.257 e. The minimum Gasteiger partial charge on any atom is -0.486 e. The van der Waals surface area contributed by atoms with E-state index in [9.17, 15) is 9.59 Å². The molecule has 3 aromatic rings. The van der Waals surface area contributed by atoms with Crippen LogP contribution in [0.25, 0.3) is 0 Å². The Labute approximate surface area is 187 Å². The van der Waals surface area contributed by atoms with Crippen LogP contribution in [0.2, 0.25) is 0 Å². The number of amides is 2. The molecular weight excluding hydrogens is 406 g/mol. The number of rotatable bonds is 5. The molecule has 0 fully saturated rings. The van der Waals surface area contributed by atoms with E-state index in [2.05, 4.69) is 29.0 Å². The van der Waals surface area contributed by atoms with E-state index in [4.69, 9.17) is 9.47 Å². The Kier molecular flexibility index (Phi) is 5.90. The number of aryl methyl sites for hydroxylation is 1. The number of carbonyl (C=O) groups excluding carboxylic acids is 2. The Bertz CT molecular complexity index is 1180. The standard InChI is InChI=1S/C25H27N3O4/c1-15(2)28-16(3)13-20(17(28)4)25(30)27-21-8-6-5-7-19(21)24(29)26-18-9-10-22-23(14-18)32-12-11-31-22/h5-10,13-15H,11-12H2,1-4H3,(H,26,29)(H,27,30). The first kappa shape index (κ1) is 21.5. The molecule has 0 saturated heterocycles. The van der Waals surface area contributed by atoms with Gasteiger partial charge in [-0.25, -0.2) is 0 Å². The van der Waals surface area contributed by atoms with Crippen molar-refractivity contribution >= 4 is 23.2 Å². The van der Waals surface area contributed by atoms with Crippen molar-refractivity contribution in [1.82, 2.24) is 4.57 Å². The molecule has 0 unspecified atom stereocenters. The van der Waals surface area contributed by atoms with Crippen LogP contribution in [-0.2, 0) is 0 Å². The molecule has 1 aliphatic rings. The summed E-state index contributed by atoms with van der Waals surface area (Å²) in [5.41, 5.74) is 3.91. The molecule has 1 aliphatic heterocycles. The van der Waals surface area contributed by atoms with E-state index in [0.29, 0.717) is 47.2 Å². The van der Waals surface area contributed by atoms with Crippen LogP contribution >= 0.6 is 0 Å². The molecule has 32 heavy (non-hydrogen) atoms. The smallest absolute Gasteiger partial charge is 0.257 e. The molecule has 2 N–H and O–H groups in total. The van der Waals surface area contributed by atoms with Crippen LogP contribution in [0.4, 0.5) is 11.4 Å². The number of nitrogens with one attached hydrogen (secondary N) is 2. The Balaban J connectivity index is 1.55. The van der Waals surface area contributed by atoms with Gasteiger partial charge in [0.15, 0.2) is 11.5 Å². The van der Waals surface area contributed by atoms with E-state index < -0.39 is 0 Å². The molecule has 7 nitrogen and oxygen atoms in total. The summed E-state index contributed by atoms with van der Waals surface area (Å²) in [6.45, 7) is 9.06. The number of benzene rings is 2. The van der Waals surface area contributed by atoms with Crippen molar-refractivity contribution in [3.63, 3.8) is 0 Å². The van der Waals surface area contributed by atoms with E-state index in [1.165, 1.54) is 0 Å². The first-order valence-corrected chi connectivity index (χ1v) is 10.6. The molecule has 2 amide bonds. The Hall–Kier alpha value is -3.74. The zero-order chi connectivity index (χ0) is 22.8. The van der Waals surface area contributed by atoms with Crippen LogP contribution < -0.4 is 20.1 Å². The van der Waals surface area contributed by atoms with Crippen LogP contribution in [0, 0.1) is 13.8 Å². The lowest BCUT2D eigenvalue weighted by Gasteiger charge is -2.19. The van der Waals surface area contributed by atoms with E-state index in [-0.39, 0.29) is 17.9 Å². The van der Waals surface area contributed by atoms with Gasteiger partial charge in [0.2, 0.25) is 0 Å². The molecule has 166 valence electrons. The summed E-state index contributed by atoms with van der Waals surface area (Å²) in [6, 6.07) is 14.3. The average Bonchev–Trinajstić information content (AvgIpc) is 3.08. The SMILES string of the molecule is Cc1cc(C(=O)Nc2ccccc2C(=O)Nc2ccc3c(c2)OCCO3)c(C)n1C(C)C. The fourth-order valence-corrected chi connectivity index (χ4v) is 4.10. The summed E-state index contributed by atoms with van der Waals surface area (Å²) < 4.78 is 13.2. The molecule has 0 aliphatic carbocycles. The van der Waals surface area contributed by atoms with Crippen LogP contribution in [0.15, 0.2) is 48.5 Å². The fraction of sp³-hybridized carbons (Fsp3) is 0.280. The van der Waals surface area contributed by atoms with E-state index >= 15 is 0 Å². The summed E-state index contributed by atoms with van der Waals surface area (Å²) in [5, 5.41) is 5.78. The number of aromatic nitrogens is 1. The van der Waals surface area contributed by atoms with E-state index in [1.54, 1.807) is 42.5 Å². The first-order valence-electron chi connectivity index (χ1n) is 10.6. The predicted molar refractivity (Wildman–Crippen MR) is 124 cm³/mol. The van der Waals surface area contributed by atoms with Crippen molar-refractivity contribution in [2.45, 2.75) is 33.7 Å². The molecule has 4 rings (SSSR count). The summed E-state index contributed by atoms with van der Waals surface area (Å²) in [5.74, 6) is 0.673. The van der Waals surface area contributed by atoms with Crippen molar-refractivity contribution in [2.75, 3.05) is 23.8 Å². The maximum atomic E-state index is 13.0. The normalized spacial score (nSPS) is 12.5. The van der Waals surface area contributed by atoms with Crippen LogP contribution in [-0.4, -0.2) is 29.6 Å². The lowest BCUT2D eigenvalue weighted by molar-refractivity contribution is 0.102. The third-order valence-electron chi connectivity index (χ3n) is 5.47. The summed E-state index contributed by atoms with van der Waals surface area (Å²) in [7, 11) is 0. The van der Waals surface area contributed by atoms with Crippen molar-refractivity contribution < 1.29 is 19.1 Å². The number of carbonyl (C=O) groups is 2. The van der Waals surface area contributed by atoms with E-state index in [1.807, 2.05) is 19.9 Å². The molecule has 2 aromatic carbocycles. The maximum absolute atomic E-state index is 13.0. The second-order valence-corrected chi connectivity index (χ2v) is 8.06. The fourth-order valence-electron chi connectivity index (χ4n) is 4.10. The van der Waals surface area contributed by atoms with Gasteiger partial charge in [0.25, 0.3) is 11.8 Å². The highest BCUT2D eigenvalue weighted by Crippen LogP contribution is 2.33.